The van der Waals surface area contributed by atoms with Crippen LogP contribution in [0.15, 0.2) is 29.6 Å². The molecule has 0 aliphatic carbocycles. The van der Waals surface area contributed by atoms with Crippen molar-refractivity contribution in [3.63, 3.8) is 0 Å². The van der Waals surface area contributed by atoms with E-state index in [0.29, 0.717) is 0 Å². The zero-order chi connectivity index (χ0) is 11.2. The molecule has 0 amide bonds. The van der Waals surface area contributed by atoms with Crippen molar-refractivity contribution in [3.8, 4) is 11.3 Å². The third kappa shape index (κ3) is 5.19. The number of nitrogens with zero attached hydrogens (tertiary/aromatic N) is 3. The van der Waals surface area contributed by atoms with Crippen molar-refractivity contribution >= 4 is 37.0 Å². The summed E-state index contributed by atoms with van der Waals surface area (Å²) in [6.45, 7) is 2.20. The monoisotopic (exact) mass is 307 g/mol. The molecule has 0 saturated carbocycles. The first-order valence-corrected chi connectivity index (χ1v) is 6.99. The quantitative estimate of drug-likeness (QED) is 0.260. The minimum absolute atomic E-state index is 0. The Morgan fingerprint density at radius 2 is 2.17 bits per heavy atom. The minimum atomic E-state index is 0. The van der Waals surface area contributed by atoms with Crippen molar-refractivity contribution in [3.05, 3.63) is 24.5 Å². The van der Waals surface area contributed by atoms with Crippen LogP contribution in [0.4, 0.5) is 0 Å². The molecule has 0 saturated heterocycles. The van der Waals surface area contributed by atoms with E-state index < -0.39 is 0 Å². The van der Waals surface area contributed by atoms with Crippen LogP contribution >= 0.6 is 23.5 Å². The fourth-order valence-corrected chi connectivity index (χ4v) is 3.04. The van der Waals surface area contributed by atoms with Crippen LogP contribution < -0.4 is 29.6 Å². The Bertz CT molecular complexity index is 436. The minimum Gasteiger partial charge on any atom is -0.813 e. The summed E-state index contributed by atoms with van der Waals surface area (Å²) in [6, 6.07) is 3.95. The standard InChI is InChI=1S/C11H13N3S2.Na.H2S/c1-2-3-7-15-11-10(13-16-14-11)9-5-4-6-12-8-9;;/h4-6,8H,2-3,7H2,1H3;;1H2/q;+1;/p-1. The fraction of sp³-hybridized carbons (Fsp3) is 0.364. The number of thiol groups is 1. The summed E-state index contributed by atoms with van der Waals surface area (Å²) in [6.07, 6.45) is 6.04. The summed E-state index contributed by atoms with van der Waals surface area (Å²) < 4.78 is 8.67. The number of pyridine rings is 1. The molecule has 2 aromatic rings. The molecular formula is C11H14N3NaS3. The van der Waals surface area contributed by atoms with E-state index >= 15 is 0 Å². The first kappa shape index (κ1) is 18.4. The van der Waals surface area contributed by atoms with Crippen LogP contribution in [0, 0.1) is 0 Å². The maximum atomic E-state index is 4.33. The van der Waals surface area contributed by atoms with Gasteiger partial charge in [0.1, 0.15) is 10.7 Å². The Kier molecular flexibility index (Phi) is 10.5. The number of aromatic nitrogens is 3. The molecule has 7 heteroatoms. The summed E-state index contributed by atoms with van der Waals surface area (Å²) in [7, 11) is 0. The molecule has 0 unspecified atom stereocenters. The van der Waals surface area contributed by atoms with Gasteiger partial charge >= 0.3 is 29.6 Å². The van der Waals surface area contributed by atoms with E-state index in [4.69, 9.17) is 0 Å². The molecule has 0 atom stereocenters. The van der Waals surface area contributed by atoms with E-state index in [0.717, 1.165) is 22.0 Å². The van der Waals surface area contributed by atoms with Gasteiger partial charge in [0.2, 0.25) is 0 Å². The predicted molar refractivity (Wildman–Crippen MR) is 77.5 cm³/mol. The maximum absolute atomic E-state index is 4.33. The van der Waals surface area contributed by atoms with Gasteiger partial charge in [0.05, 0.1) is 11.7 Å². The van der Waals surface area contributed by atoms with Gasteiger partial charge in [0, 0.05) is 18.0 Å². The molecule has 2 rings (SSSR count). The van der Waals surface area contributed by atoms with Gasteiger partial charge in [0.25, 0.3) is 0 Å². The number of hydrogen-bond acceptors (Lipinski definition) is 6. The van der Waals surface area contributed by atoms with Gasteiger partial charge in [0.15, 0.2) is 0 Å². The summed E-state index contributed by atoms with van der Waals surface area (Å²) >= 11 is 3.05. The molecule has 0 radical (unpaired) electrons. The maximum Gasteiger partial charge on any atom is 1.00 e. The van der Waals surface area contributed by atoms with Crippen molar-refractivity contribution in [2.24, 2.45) is 0 Å². The zero-order valence-electron chi connectivity index (χ0n) is 10.5. The van der Waals surface area contributed by atoms with Crippen molar-refractivity contribution < 1.29 is 29.6 Å². The van der Waals surface area contributed by atoms with Crippen LogP contribution in [-0.2, 0) is 13.5 Å². The predicted octanol–water partition coefficient (Wildman–Crippen LogP) is 0.226. The average molecular weight is 307 g/mol. The summed E-state index contributed by atoms with van der Waals surface area (Å²) in [5.74, 6) is 1.11. The van der Waals surface area contributed by atoms with Gasteiger partial charge in [-0.2, -0.15) is 8.75 Å². The molecule has 0 aliphatic rings. The Hall–Kier alpha value is 0.410. The van der Waals surface area contributed by atoms with Crippen LogP contribution in [0.5, 0.6) is 0 Å². The Labute approximate surface area is 145 Å². The van der Waals surface area contributed by atoms with Crippen LogP contribution in [0.1, 0.15) is 19.8 Å². The molecule has 0 fully saturated rings. The van der Waals surface area contributed by atoms with Gasteiger partial charge < -0.3 is 13.5 Å². The Morgan fingerprint density at radius 1 is 1.33 bits per heavy atom. The normalized spacial score (nSPS) is 9.39. The summed E-state index contributed by atoms with van der Waals surface area (Å²) in [5, 5.41) is 1.03. The number of hydrogen-bond donors (Lipinski definition) is 0. The van der Waals surface area contributed by atoms with Gasteiger partial charge in [-0.15, -0.1) is 11.8 Å². The van der Waals surface area contributed by atoms with Crippen molar-refractivity contribution in [2.45, 2.75) is 24.8 Å². The van der Waals surface area contributed by atoms with Crippen molar-refractivity contribution in [2.75, 3.05) is 5.75 Å². The van der Waals surface area contributed by atoms with E-state index in [9.17, 15) is 0 Å². The Balaban J connectivity index is 0.00000144. The third-order valence-corrected chi connectivity index (χ3v) is 3.82. The van der Waals surface area contributed by atoms with Gasteiger partial charge in [-0.05, 0) is 24.3 Å². The van der Waals surface area contributed by atoms with Crippen LogP contribution in [0.2, 0.25) is 0 Å². The molecule has 3 nitrogen and oxygen atoms in total. The molecule has 0 spiro atoms. The largest absolute Gasteiger partial charge is 1.00 e. The smallest absolute Gasteiger partial charge is 0.813 e. The number of unbranched alkanes of at least 4 members (excludes halogenated alkanes) is 1. The molecule has 2 aromatic heterocycles. The summed E-state index contributed by atoms with van der Waals surface area (Å²) in [4.78, 5) is 4.11. The van der Waals surface area contributed by atoms with Crippen LogP contribution in [-0.4, -0.2) is 19.5 Å². The van der Waals surface area contributed by atoms with Crippen molar-refractivity contribution in [1.82, 2.24) is 13.7 Å². The van der Waals surface area contributed by atoms with Gasteiger partial charge in [-0.3, -0.25) is 4.98 Å². The summed E-state index contributed by atoms with van der Waals surface area (Å²) in [5.41, 5.74) is 2.02. The fourth-order valence-electron chi connectivity index (χ4n) is 1.27. The topological polar surface area (TPSA) is 38.7 Å². The molecular weight excluding hydrogens is 293 g/mol. The van der Waals surface area contributed by atoms with E-state index in [1.54, 1.807) is 18.0 Å². The second-order valence-electron chi connectivity index (χ2n) is 3.36. The van der Waals surface area contributed by atoms with E-state index in [-0.39, 0.29) is 43.1 Å². The van der Waals surface area contributed by atoms with Crippen molar-refractivity contribution in [1.29, 1.82) is 0 Å². The van der Waals surface area contributed by atoms with Crippen LogP contribution in [0.3, 0.4) is 0 Å². The molecule has 92 valence electrons. The average Bonchev–Trinajstić information content (AvgIpc) is 2.79. The SMILES string of the molecule is CCCCSc1nsnc1-c1cccnc1.[Na+].[SH-]. The van der Waals surface area contributed by atoms with Crippen LogP contribution in [0.25, 0.3) is 11.3 Å². The molecule has 0 aliphatic heterocycles. The van der Waals surface area contributed by atoms with Gasteiger partial charge in [-0.25, -0.2) is 0 Å². The van der Waals surface area contributed by atoms with E-state index in [2.05, 4.69) is 20.7 Å². The first-order valence-electron chi connectivity index (χ1n) is 5.27. The second-order valence-corrected chi connectivity index (χ2v) is 4.97. The molecule has 2 heterocycles. The Morgan fingerprint density at radius 3 is 2.83 bits per heavy atom. The molecule has 18 heavy (non-hydrogen) atoms. The third-order valence-electron chi connectivity index (χ3n) is 2.13. The number of rotatable bonds is 5. The first-order chi connectivity index (χ1) is 7.92. The molecule has 0 bridgehead atoms. The molecule has 0 N–H and O–H groups in total. The second kappa shape index (κ2) is 10.2. The van der Waals surface area contributed by atoms with Gasteiger partial charge in [-0.1, -0.05) is 13.3 Å². The zero-order valence-corrected chi connectivity index (χ0v) is 15.1. The van der Waals surface area contributed by atoms with E-state index in [1.807, 2.05) is 18.3 Å². The molecule has 0 aromatic carbocycles. The number of thioether (sulfide) groups is 1. The van der Waals surface area contributed by atoms with E-state index in [1.165, 1.54) is 24.6 Å².